The minimum Gasteiger partial charge on any atom is -0.351 e. The lowest BCUT2D eigenvalue weighted by Gasteiger charge is -2.37. The van der Waals surface area contributed by atoms with Gasteiger partial charge in [-0.25, -0.2) is 22.0 Å². The van der Waals surface area contributed by atoms with Gasteiger partial charge in [0.05, 0.1) is 4.90 Å². The molecular formula is C18H19F2N3O3S. The summed E-state index contributed by atoms with van der Waals surface area (Å²) in [4.78, 5) is 13.3. The van der Waals surface area contributed by atoms with Crippen LogP contribution in [0, 0.1) is 11.6 Å². The van der Waals surface area contributed by atoms with E-state index in [2.05, 4.69) is 0 Å². The summed E-state index contributed by atoms with van der Waals surface area (Å²) in [6.07, 6.45) is 0.751. The molecule has 6 nitrogen and oxygen atoms in total. The molecule has 0 radical (unpaired) electrons. The number of carbonyl (C=O) groups excluding carboxylic acids is 1. The third-order valence-electron chi connectivity index (χ3n) is 4.58. The Hall–Kier alpha value is -2.52. The van der Waals surface area contributed by atoms with E-state index in [1.807, 2.05) is 0 Å². The van der Waals surface area contributed by atoms with Crippen molar-refractivity contribution in [3.05, 3.63) is 60.2 Å². The van der Waals surface area contributed by atoms with Crippen LogP contribution in [0.1, 0.15) is 12.8 Å². The van der Waals surface area contributed by atoms with Gasteiger partial charge < -0.3 is 5.73 Å². The van der Waals surface area contributed by atoms with E-state index in [0.717, 1.165) is 12.1 Å². The Balaban J connectivity index is 1.74. The minimum atomic E-state index is -3.74. The van der Waals surface area contributed by atoms with Gasteiger partial charge >= 0.3 is 6.03 Å². The maximum Gasteiger partial charge on any atom is 0.319 e. The fourth-order valence-corrected chi connectivity index (χ4v) is 4.69. The number of hydrogen-bond acceptors (Lipinski definition) is 3. The van der Waals surface area contributed by atoms with Crippen LogP contribution in [0.15, 0.2) is 53.4 Å². The largest absolute Gasteiger partial charge is 0.351 e. The van der Waals surface area contributed by atoms with Gasteiger partial charge in [-0.3, -0.25) is 4.90 Å². The quantitative estimate of drug-likeness (QED) is 0.864. The molecule has 1 fully saturated rings. The van der Waals surface area contributed by atoms with E-state index in [1.165, 1.54) is 45.6 Å². The molecule has 0 aromatic heterocycles. The van der Waals surface area contributed by atoms with Gasteiger partial charge in [-0.1, -0.05) is 0 Å². The third-order valence-corrected chi connectivity index (χ3v) is 6.50. The predicted octanol–water partition coefficient (Wildman–Crippen LogP) is 2.70. The zero-order valence-corrected chi connectivity index (χ0v) is 15.2. The lowest BCUT2D eigenvalue weighted by Crippen LogP contribution is -2.50. The van der Waals surface area contributed by atoms with Crippen LogP contribution in [0.3, 0.4) is 0 Å². The molecule has 1 aliphatic heterocycles. The molecule has 1 aliphatic rings. The fraction of sp³-hybridized carbons (Fsp3) is 0.278. The molecule has 144 valence electrons. The zero-order valence-electron chi connectivity index (χ0n) is 14.4. The van der Waals surface area contributed by atoms with Crippen molar-refractivity contribution in [1.82, 2.24) is 4.31 Å². The van der Waals surface area contributed by atoms with Gasteiger partial charge in [0.1, 0.15) is 11.6 Å². The average molecular weight is 395 g/mol. The molecule has 2 aromatic carbocycles. The Morgan fingerprint density at radius 3 is 1.93 bits per heavy atom. The molecule has 0 unspecified atom stereocenters. The Morgan fingerprint density at radius 1 is 0.963 bits per heavy atom. The lowest BCUT2D eigenvalue weighted by molar-refractivity contribution is 0.245. The summed E-state index contributed by atoms with van der Waals surface area (Å²) in [5.41, 5.74) is 5.95. The summed E-state index contributed by atoms with van der Waals surface area (Å²) in [5, 5.41) is 0. The second-order valence-electron chi connectivity index (χ2n) is 6.27. The summed E-state index contributed by atoms with van der Waals surface area (Å²) in [5.74, 6) is -0.938. The van der Waals surface area contributed by atoms with Crippen molar-refractivity contribution in [3.8, 4) is 0 Å². The van der Waals surface area contributed by atoms with Gasteiger partial charge in [-0.15, -0.1) is 0 Å². The normalized spacial score (nSPS) is 16.2. The van der Waals surface area contributed by atoms with Crippen molar-refractivity contribution in [1.29, 1.82) is 0 Å². The van der Waals surface area contributed by atoms with E-state index in [1.54, 1.807) is 0 Å². The van der Waals surface area contributed by atoms with Crippen LogP contribution >= 0.6 is 0 Å². The number of amides is 2. The number of carbonyl (C=O) groups is 1. The van der Waals surface area contributed by atoms with Crippen molar-refractivity contribution in [3.63, 3.8) is 0 Å². The number of primary amides is 1. The molecule has 2 N–H and O–H groups in total. The van der Waals surface area contributed by atoms with Crippen LogP contribution in [-0.4, -0.2) is 37.9 Å². The number of rotatable bonds is 4. The summed E-state index contributed by atoms with van der Waals surface area (Å²) >= 11 is 0. The zero-order chi connectivity index (χ0) is 19.6. The van der Waals surface area contributed by atoms with Crippen molar-refractivity contribution in [2.45, 2.75) is 23.8 Å². The minimum absolute atomic E-state index is 0.0210. The summed E-state index contributed by atoms with van der Waals surface area (Å²) in [6, 6.07) is 9.07. The van der Waals surface area contributed by atoms with Gasteiger partial charge in [0, 0.05) is 24.8 Å². The van der Waals surface area contributed by atoms with E-state index in [4.69, 9.17) is 5.73 Å². The Morgan fingerprint density at radius 2 is 1.44 bits per heavy atom. The van der Waals surface area contributed by atoms with Gasteiger partial charge in [-0.05, 0) is 61.4 Å². The second-order valence-corrected chi connectivity index (χ2v) is 8.21. The summed E-state index contributed by atoms with van der Waals surface area (Å²) in [6.45, 7) is 0.380. The highest BCUT2D eigenvalue weighted by Crippen LogP contribution is 2.27. The highest BCUT2D eigenvalue weighted by molar-refractivity contribution is 7.89. The average Bonchev–Trinajstić information content (AvgIpc) is 2.64. The standard InChI is InChI=1S/C18H19F2N3O3S/c19-13-1-5-15(6-2-13)23(18(21)24)16-9-11-22(12-10-16)27(25,26)17-7-3-14(20)4-8-17/h1-8,16H,9-12H2,(H2,21,24). The van der Waals surface area contributed by atoms with Crippen molar-refractivity contribution in [2.24, 2.45) is 5.73 Å². The number of piperidine rings is 1. The number of sulfonamides is 1. The van der Waals surface area contributed by atoms with Crippen LogP contribution in [0.2, 0.25) is 0 Å². The van der Waals surface area contributed by atoms with E-state index in [9.17, 15) is 22.0 Å². The van der Waals surface area contributed by atoms with Crippen LogP contribution in [-0.2, 0) is 10.0 Å². The molecule has 0 spiro atoms. The van der Waals surface area contributed by atoms with Crippen molar-refractivity contribution < 1.29 is 22.0 Å². The monoisotopic (exact) mass is 395 g/mol. The molecule has 1 heterocycles. The number of anilines is 1. The van der Waals surface area contributed by atoms with Crippen molar-refractivity contribution >= 4 is 21.7 Å². The van der Waals surface area contributed by atoms with E-state index >= 15 is 0 Å². The first-order chi connectivity index (χ1) is 12.8. The molecule has 0 aliphatic carbocycles. The van der Waals surface area contributed by atoms with Crippen LogP contribution in [0.5, 0.6) is 0 Å². The van der Waals surface area contributed by atoms with E-state index in [-0.39, 0.29) is 24.0 Å². The summed E-state index contributed by atoms with van der Waals surface area (Å²) < 4.78 is 52.8. The van der Waals surface area contributed by atoms with E-state index < -0.39 is 27.7 Å². The lowest BCUT2D eigenvalue weighted by atomic mass is 10.0. The number of urea groups is 1. The van der Waals surface area contributed by atoms with Crippen molar-refractivity contribution in [2.75, 3.05) is 18.0 Å². The molecule has 2 amide bonds. The Kier molecular flexibility index (Phi) is 5.43. The number of hydrogen-bond donors (Lipinski definition) is 1. The second kappa shape index (κ2) is 7.61. The number of halogens is 2. The molecule has 9 heteroatoms. The molecule has 0 bridgehead atoms. The SMILES string of the molecule is NC(=O)N(c1ccc(F)cc1)C1CCN(S(=O)(=O)c2ccc(F)cc2)CC1. The fourth-order valence-electron chi connectivity index (χ4n) is 3.22. The van der Waals surface area contributed by atoms with Crippen LogP contribution in [0.4, 0.5) is 19.3 Å². The number of nitrogens with zero attached hydrogens (tertiary/aromatic N) is 2. The topological polar surface area (TPSA) is 83.7 Å². The maximum absolute atomic E-state index is 13.1. The number of nitrogens with two attached hydrogens (primary N) is 1. The molecule has 2 aromatic rings. The molecular weight excluding hydrogens is 376 g/mol. The predicted molar refractivity (Wildman–Crippen MR) is 96.6 cm³/mol. The first kappa shape index (κ1) is 19.2. The molecule has 0 atom stereocenters. The Bertz CT molecular complexity index is 910. The molecule has 1 saturated heterocycles. The van der Waals surface area contributed by atoms with Crippen LogP contribution in [0.25, 0.3) is 0 Å². The molecule has 3 rings (SSSR count). The van der Waals surface area contributed by atoms with Gasteiger partial charge in [0.25, 0.3) is 0 Å². The van der Waals surface area contributed by atoms with Gasteiger partial charge in [0.15, 0.2) is 0 Å². The highest BCUT2D eigenvalue weighted by atomic mass is 32.2. The molecule has 27 heavy (non-hydrogen) atoms. The third kappa shape index (κ3) is 4.09. The van der Waals surface area contributed by atoms with E-state index in [0.29, 0.717) is 18.5 Å². The Labute approximate surface area is 156 Å². The van der Waals surface area contributed by atoms with Gasteiger partial charge in [0.2, 0.25) is 10.0 Å². The molecule has 0 saturated carbocycles. The highest BCUT2D eigenvalue weighted by Gasteiger charge is 2.33. The van der Waals surface area contributed by atoms with Gasteiger partial charge in [-0.2, -0.15) is 4.31 Å². The van der Waals surface area contributed by atoms with Crippen LogP contribution < -0.4 is 10.6 Å². The maximum atomic E-state index is 13.1. The first-order valence-corrected chi connectivity index (χ1v) is 9.83. The first-order valence-electron chi connectivity index (χ1n) is 8.39. The number of benzene rings is 2. The smallest absolute Gasteiger partial charge is 0.319 e. The summed E-state index contributed by atoms with van der Waals surface area (Å²) in [7, 11) is -3.74.